The van der Waals surface area contributed by atoms with Gasteiger partial charge >= 0.3 is 0 Å². The molecule has 0 aliphatic carbocycles. The molecule has 0 bridgehead atoms. The molecule has 1 saturated heterocycles. The molecular formula is C16H34N2O. The Morgan fingerprint density at radius 1 is 1.37 bits per heavy atom. The maximum absolute atomic E-state index is 9.74. The third kappa shape index (κ3) is 5.05. The van der Waals surface area contributed by atoms with Crippen molar-refractivity contribution in [2.75, 3.05) is 19.7 Å². The number of nitrogens with one attached hydrogen (secondary N) is 1. The first-order valence-electron chi connectivity index (χ1n) is 8.05. The summed E-state index contributed by atoms with van der Waals surface area (Å²) >= 11 is 0. The van der Waals surface area contributed by atoms with Crippen LogP contribution in [0.5, 0.6) is 0 Å². The lowest BCUT2D eigenvalue weighted by Crippen LogP contribution is -2.51. The van der Waals surface area contributed by atoms with Gasteiger partial charge in [-0.2, -0.15) is 0 Å². The minimum Gasteiger partial charge on any atom is -0.394 e. The molecular weight excluding hydrogens is 236 g/mol. The van der Waals surface area contributed by atoms with Gasteiger partial charge in [-0.15, -0.1) is 0 Å². The molecule has 0 aromatic heterocycles. The topological polar surface area (TPSA) is 35.5 Å². The lowest BCUT2D eigenvalue weighted by molar-refractivity contribution is 0.129. The molecule has 19 heavy (non-hydrogen) atoms. The van der Waals surface area contributed by atoms with E-state index in [1.807, 2.05) is 0 Å². The van der Waals surface area contributed by atoms with E-state index in [9.17, 15) is 5.11 Å². The normalized spacial score (nSPS) is 27.9. The van der Waals surface area contributed by atoms with E-state index in [4.69, 9.17) is 0 Å². The number of likely N-dealkylation sites (tertiary alicyclic amines) is 1. The van der Waals surface area contributed by atoms with Gasteiger partial charge < -0.3 is 15.3 Å². The minimum atomic E-state index is -0.0806. The average Bonchev–Trinajstić information content (AvgIpc) is 2.66. The van der Waals surface area contributed by atoms with Crippen molar-refractivity contribution in [1.29, 1.82) is 0 Å². The number of rotatable bonds is 8. The molecule has 2 N–H and O–H groups in total. The molecule has 0 spiro atoms. The van der Waals surface area contributed by atoms with Crippen LogP contribution < -0.4 is 5.32 Å². The zero-order chi connectivity index (χ0) is 14.5. The van der Waals surface area contributed by atoms with E-state index in [-0.39, 0.29) is 12.1 Å². The highest BCUT2D eigenvalue weighted by atomic mass is 16.3. The molecule has 114 valence electrons. The van der Waals surface area contributed by atoms with Crippen molar-refractivity contribution in [2.45, 2.75) is 77.9 Å². The van der Waals surface area contributed by atoms with Crippen molar-refractivity contribution in [3.63, 3.8) is 0 Å². The first kappa shape index (κ1) is 16.9. The van der Waals surface area contributed by atoms with Crippen LogP contribution >= 0.6 is 0 Å². The lowest BCUT2D eigenvalue weighted by atomic mass is 9.90. The van der Waals surface area contributed by atoms with Gasteiger partial charge in [-0.3, -0.25) is 0 Å². The third-order valence-corrected chi connectivity index (χ3v) is 4.59. The number of hydrogen-bond donors (Lipinski definition) is 2. The smallest absolute Gasteiger partial charge is 0.0613 e. The Hall–Kier alpha value is -0.120. The first-order valence-corrected chi connectivity index (χ1v) is 8.05. The van der Waals surface area contributed by atoms with Crippen LogP contribution in [-0.2, 0) is 0 Å². The molecule has 3 nitrogen and oxygen atoms in total. The van der Waals surface area contributed by atoms with E-state index in [2.05, 4.69) is 44.8 Å². The molecule has 0 aromatic carbocycles. The molecule has 1 aliphatic rings. The summed E-state index contributed by atoms with van der Waals surface area (Å²) in [4.78, 5) is 2.61. The maximum Gasteiger partial charge on any atom is 0.0613 e. The predicted molar refractivity (Wildman–Crippen MR) is 82.4 cm³/mol. The number of nitrogens with zero attached hydrogens (tertiary/aromatic N) is 1. The van der Waals surface area contributed by atoms with Crippen LogP contribution in [0.15, 0.2) is 0 Å². The van der Waals surface area contributed by atoms with Crippen LogP contribution in [0.25, 0.3) is 0 Å². The van der Waals surface area contributed by atoms with Gasteiger partial charge in [0.2, 0.25) is 0 Å². The summed E-state index contributed by atoms with van der Waals surface area (Å²) in [5.41, 5.74) is -0.0806. The van der Waals surface area contributed by atoms with Gasteiger partial charge in [0, 0.05) is 24.2 Å². The van der Waals surface area contributed by atoms with Crippen molar-refractivity contribution < 1.29 is 5.11 Å². The van der Waals surface area contributed by atoms with Crippen molar-refractivity contribution >= 4 is 0 Å². The standard InChI is InChI=1S/C16H34N2O/c1-6-16(12-19,17-13(2)3)8-7-9-18-11-14(4)10-15(18)5/h13-15,17,19H,6-12H2,1-5H3. The largest absolute Gasteiger partial charge is 0.394 e. The second kappa shape index (κ2) is 7.61. The van der Waals surface area contributed by atoms with Crippen LogP contribution in [0.1, 0.15) is 60.3 Å². The van der Waals surface area contributed by atoms with Crippen LogP contribution in [0, 0.1) is 5.92 Å². The van der Waals surface area contributed by atoms with Crippen LogP contribution in [0.4, 0.5) is 0 Å². The molecule has 1 rings (SSSR count). The Labute approximate surface area is 119 Å². The Balaban J connectivity index is 2.40. The van der Waals surface area contributed by atoms with E-state index < -0.39 is 0 Å². The monoisotopic (exact) mass is 270 g/mol. The molecule has 1 fully saturated rings. The molecule has 0 radical (unpaired) electrons. The summed E-state index contributed by atoms with van der Waals surface area (Å²) < 4.78 is 0. The Bertz CT molecular complexity index is 251. The fourth-order valence-electron chi connectivity index (χ4n) is 3.52. The zero-order valence-corrected chi connectivity index (χ0v) is 13.6. The molecule has 1 heterocycles. The van der Waals surface area contributed by atoms with E-state index >= 15 is 0 Å². The average molecular weight is 270 g/mol. The van der Waals surface area contributed by atoms with Crippen molar-refractivity contribution in [1.82, 2.24) is 10.2 Å². The summed E-state index contributed by atoms with van der Waals surface area (Å²) in [6.07, 6.45) is 4.57. The minimum absolute atomic E-state index is 0.0806. The highest BCUT2D eigenvalue weighted by molar-refractivity contribution is 4.88. The lowest BCUT2D eigenvalue weighted by Gasteiger charge is -2.35. The first-order chi connectivity index (χ1) is 8.92. The van der Waals surface area contributed by atoms with Gasteiger partial charge in [-0.1, -0.05) is 27.7 Å². The van der Waals surface area contributed by atoms with Gasteiger partial charge in [-0.05, 0) is 45.1 Å². The third-order valence-electron chi connectivity index (χ3n) is 4.59. The van der Waals surface area contributed by atoms with E-state index in [1.165, 1.54) is 25.9 Å². The second-order valence-corrected chi connectivity index (χ2v) is 6.88. The van der Waals surface area contributed by atoms with Gasteiger partial charge in [0.1, 0.15) is 0 Å². The molecule has 0 amide bonds. The van der Waals surface area contributed by atoms with Crippen LogP contribution in [-0.4, -0.2) is 47.3 Å². The Morgan fingerprint density at radius 2 is 2.05 bits per heavy atom. The fraction of sp³-hybridized carbons (Fsp3) is 1.00. The number of aliphatic hydroxyl groups is 1. The van der Waals surface area contributed by atoms with Gasteiger partial charge in [0.15, 0.2) is 0 Å². The van der Waals surface area contributed by atoms with E-state index in [0.717, 1.165) is 24.8 Å². The van der Waals surface area contributed by atoms with Gasteiger partial charge in [-0.25, -0.2) is 0 Å². The summed E-state index contributed by atoms with van der Waals surface area (Å²) in [5, 5.41) is 13.3. The number of hydrogen-bond acceptors (Lipinski definition) is 3. The number of aliphatic hydroxyl groups excluding tert-OH is 1. The van der Waals surface area contributed by atoms with Crippen molar-refractivity contribution in [2.24, 2.45) is 5.92 Å². The molecule has 0 aromatic rings. The summed E-state index contributed by atoms with van der Waals surface area (Å²) in [6, 6.07) is 1.16. The predicted octanol–water partition coefficient (Wildman–Crippen LogP) is 2.64. The Morgan fingerprint density at radius 3 is 2.47 bits per heavy atom. The van der Waals surface area contributed by atoms with E-state index in [0.29, 0.717) is 6.04 Å². The molecule has 3 unspecified atom stereocenters. The van der Waals surface area contributed by atoms with Crippen molar-refractivity contribution in [3.05, 3.63) is 0 Å². The maximum atomic E-state index is 9.74. The highest BCUT2D eigenvalue weighted by Gasteiger charge is 2.29. The summed E-state index contributed by atoms with van der Waals surface area (Å²) in [7, 11) is 0. The molecule has 3 heteroatoms. The highest BCUT2D eigenvalue weighted by Crippen LogP contribution is 2.24. The van der Waals surface area contributed by atoms with E-state index in [1.54, 1.807) is 0 Å². The van der Waals surface area contributed by atoms with Gasteiger partial charge in [0.05, 0.1) is 6.61 Å². The zero-order valence-electron chi connectivity index (χ0n) is 13.6. The summed E-state index contributed by atoms with van der Waals surface area (Å²) in [5.74, 6) is 0.845. The SMILES string of the molecule is CCC(CO)(CCCN1CC(C)CC1C)NC(C)C. The quantitative estimate of drug-likeness (QED) is 0.712. The molecule has 3 atom stereocenters. The van der Waals surface area contributed by atoms with Gasteiger partial charge in [0.25, 0.3) is 0 Å². The summed E-state index contributed by atoms with van der Waals surface area (Å²) in [6.45, 7) is 13.8. The Kier molecular flexibility index (Phi) is 6.78. The van der Waals surface area contributed by atoms with Crippen molar-refractivity contribution in [3.8, 4) is 0 Å². The molecule has 0 saturated carbocycles. The second-order valence-electron chi connectivity index (χ2n) is 6.88. The van der Waals surface area contributed by atoms with Crippen LogP contribution in [0.3, 0.4) is 0 Å². The van der Waals surface area contributed by atoms with Crippen LogP contribution in [0.2, 0.25) is 0 Å². The fourth-order valence-corrected chi connectivity index (χ4v) is 3.52. The molecule has 1 aliphatic heterocycles.